The SMILES string of the molecule is CC(C)(C)C(=O)CS(=O)(=O)CC1CCCC1. The van der Waals surface area contributed by atoms with Gasteiger partial charge in [-0.2, -0.15) is 0 Å². The molecular formula is C12H22O3S. The van der Waals surface area contributed by atoms with Crippen LogP contribution in [0.25, 0.3) is 0 Å². The van der Waals surface area contributed by atoms with E-state index in [-0.39, 0.29) is 23.2 Å². The summed E-state index contributed by atoms with van der Waals surface area (Å²) >= 11 is 0. The standard InChI is InChI=1S/C12H22O3S/c1-12(2,3)11(13)9-16(14,15)8-10-6-4-5-7-10/h10H,4-9H2,1-3H3. The minimum Gasteiger partial charge on any atom is -0.298 e. The van der Waals surface area contributed by atoms with E-state index in [1.165, 1.54) is 0 Å². The molecular weight excluding hydrogens is 224 g/mol. The number of carbonyl (C=O) groups excluding carboxylic acids is 1. The zero-order valence-corrected chi connectivity index (χ0v) is 11.3. The van der Waals surface area contributed by atoms with Crippen LogP contribution in [-0.4, -0.2) is 25.7 Å². The van der Waals surface area contributed by atoms with Crippen molar-refractivity contribution in [2.45, 2.75) is 46.5 Å². The third kappa shape index (κ3) is 4.24. The summed E-state index contributed by atoms with van der Waals surface area (Å²) < 4.78 is 23.6. The number of ketones is 1. The lowest BCUT2D eigenvalue weighted by atomic mass is 9.92. The lowest BCUT2D eigenvalue weighted by molar-refractivity contribution is -0.123. The molecule has 94 valence electrons. The lowest BCUT2D eigenvalue weighted by Crippen LogP contribution is -2.30. The predicted molar refractivity (Wildman–Crippen MR) is 65.1 cm³/mol. The van der Waals surface area contributed by atoms with Gasteiger partial charge in [0.1, 0.15) is 5.75 Å². The number of sulfone groups is 1. The summed E-state index contributed by atoms with van der Waals surface area (Å²) in [4.78, 5) is 11.7. The summed E-state index contributed by atoms with van der Waals surface area (Å²) in [5.41, 5.74) is -0.553. The highest BCUT2D eigenvalue weighted by atomic mass is 32.2. The Bertz CT molecular complexity index is 343. The molecule has 4 heteroatoms. The van der Waals surface area contributed by atoms with Gasteiger partial charge >= 0.3 is 0 Å². The molecule has 0 atom stereocenters. The molecule has 0 amide bonds. The van der Waals surface area contributed by atoms with Crippen molar-refractivity contribution in [2.75, 3.05) is 11.5 Å². The average Bonchev–Trinajstić information content (AvgIpc) is 2.52. The molecule has 0 unspecified atom stereocenters. The van der Waals surface area contributed by atoms with Gasteiger partial charge in [0.15, 0.2) is 15.6 Å². The Balaban J connectivity index is 2.54. The normalized spacial score (nSPS) is 18.9. The number of Topliss-reactive ketones (excluding diaryl/α,β-unsaturated/α-hetero) is 1. The summed E-state index contributed by atoms with van der Waals surface area (Å²) in [6.45, 7) is 5.29. The first kappa shape index (κ1) is 13.7. The van der Waals surface area contributed by atoms with Gasteiger partial charge in [-0.1, -0.05) is 33.6 Å². The Morgan fingerprint density at radius 2 is 1.69 bits per heavy atom. The third-order valence-corrected chi connectivity index (χ3v) is 4.83. The molecule has 1 rings (SSSR count). The second kappa shape index (κ2) is 4.86. The van der Waals surface area contributed by atoms with Crippen LogP contribution >= 0.6 is 0 Å². The molecule has 1 aliphatic rings. The van der Waals surface area contributed by atoms with E-state index in [4.69, 9.17) is 0 Å². The maximum atomic E-state index is 11.8. The van der Waals surface area contributed by atoms with Crippen molar-refractivity contribution in [1.29, 1.82) is 0 Å². The van der Waals surface area contributed by atoms with Crippen molar-refractivity contribution in [2.24, 2.45) is 11.3 Å². The predicted octanol–water partition coefficient (Wildman–Crippen LogP) is 2.21. The molecule has 0 N–H and O–H groups in total. The van der Waals surface area contributed by atoms with E-state index in [0.717, 1.165) is 25.7 Å². The van der Waals surface area contributed by atoms with Crippen LogP contribution in [-0.2, 0) is 14.6 Å². The monoisotopic (exact) mass is 246 g/mol. The van der Waals surface area contributed by atoms with Gasteiger partial charge in [0.05, 0.1) is 5.75 Å². The van der Waals surface area contributed by atoms with E-state index in [1.807, 2.05) is 0 Å². The fraction of sp³-hybridized carbons (Fsp3) is 0.917. The van der Waals surface area contributed by atoms with Gasteiger partial charge in [-0.3, -0.25) is 4.79 Å². The molecule has 0 spiro atoms. The van der Waals surface area contributed by atoms with E-state index >= 15 is 0 Å². The number of hydrogen-bond acceptors (Lipinski definition) is 3. The first-order valence-corrected chi connectivity index (χ1v) is 7.76. The lowest BCUT2D eigenvalue weighted by Gasteiger charge is -2.17. The van der Waals surface area contributed by atoms with E-state index in [0.29, 0.717) is 0 Å². The number of carbonyl (C=O) groups is 1. The molecule has 0 aromatic rings. The van der Waals surface area contributed by atoms with Crippen molar-refractivity contribution in [1.82, 2.24) is 0 Å². The van der Waals surface area contributed by atoms with Crippen LogP contribution in [0, 0.1) is 11.3 Å². The van der Waals surface area contributed by atoms with Gasteiger partial charge in [0, 0.05) is 5.41 Å². The zero-order valence-electron chi connectivity index (χ0n) is 10.5. The smallest absolute Gasteiger partial charge is 0.157 e. The van der Waals surface area contributed by atoms with Crippen LogP contribution in [0.4, 0.5) is 0 Å². The topological polar surface area (TPSA) is 51.2 Å². The van der Waals surface area contributed by atoms with Crippen molar-refractivity contribution in [3.63, 3.8) is 0 Å². The van der Waals surface area contributed by atoms with Gasteiger partial charge in [0.25, 0.3) is 0 Å². The highest BCUT2D eigenvalue weighted by Gasteiger charge is 2.29. The molecule has 3 nitrogen and oxygen atoms in total. The Hall–Kier alpha value is -0.380. The molecule has 1 saturated carbocycles. The van der Waals surface area contributed by atoms with Crippen molar-refractivity contribution >= 4 is 15.6 Å². The Kier molecular flexibility index (Phi) is 4.16. The zero-order chi connectivity index (χ0) is 12.4. The molecule has 0 heterocycles. The Morgan fingerprint density at radius 3 is 2.12 bits per heavy atom. The Labute approximate surface area is 98.5 Å². The van der Waals surface area contributed by atoms with Crippen LogP contribution in [0.1, 0.15) is 46.5 Å². The van der Waals surface area contributed by atoms with E-state index in [2.05, 4.69) is 0 Å². The van der Waals surface area contributed by atoms with Gasteiger partial charge in [-0.15, -0.1) is 0 Å². The van der Waals surface area contributed by atoms with Crippen molar-refractivity contribution in [3.05, 3.63) is 0 Å². The first-order valence-electron chi connectivity index (χ1n) is 5.94. The van der Waals surface area contributed by atoms with Crippen LogP contribution in [0.2, 0.25) is 0 Å². The quantitative estimate of drug-likeness (QED) is 0.764. The van der Waals surface area contributed by atoms with E-state index < -0.39 is 15.3 Å². The molecule has 1 fully saturated rings. The second-order valence-electron chi connectivity index (χ2n) is 5.88. The Morgan fingerprint density at radius 1 is 1.19 bits per heavy atom. The highest BCUT2D eigenvalue weighted by Crippen LogP contribution is 2.26. The molecule has 0 radical (unpaired) electrons. The van der Waals surface area contributed by atoms with Crippen LogP contribution < -0.4 is 0 Å². The minimum absolute atomic E-state index is 0.175. The molecule has 0 saturated heterocycles. The van der Waals surface area contributed by atoms with Crippen LogP contribution in [0.15, 0.2) is 0 Å². The van der Waals surface area contributed by atoms with Gasteiger partial charge in [-0.05, 0) is 18.8 Å². The highest BCUT2D eigenvalue weighted by molar-refractivity contribution is 7.92. The van der Waals surface area contributed by atoms with Crippen LogP contribution in [0.3, 0.4) is 0 Å². The van der Waals surface area contributed by atoms with Gasteiger partial charge in [0.2, 0.25) is 0 Å². The fourth-order valence-electron chi connectivity index (χ4n) is 2.01. The van der Waals surface area contributed by atoms with Crippen molar-refractivity contribution in [3.8, 4) is 0 Å². The summed E-state index contributed by atoms with van der Waals surface area (Å²) in [6.07, 6.45) is 4.27. The van der Waals surface area contributed by atoms with E-state index in [9.17, 15) is 13.2 Å². The number of hydrogen-bond donors (Lipinski definition) is 0. The molecule has 1 aliphatic carbocycles. The second-order valence-corrected chi connectivity index (χ2v) is 7.99. The van der Waals surface area contributed by atoms with Gasteiger partial charge in [-0.25, -0.2) is 8.42 Å². The summed E-state index contributed by atoms with van der Waals surface area (Å²) in [5.74, 6) is 0.0326. The minimum atomic E-state index is -3.20. The molecule has 0 aromatic heterocycles. The third-order valence-electron chi connectivity index (χ3n) is 3.15. The van der Waals surface area contributed by atoms with Gasteiger partial charge < -0.3 is 0 Å². The molecule has 0 aromatic carbocycles. The summed E-state index contributed by atoms with van der Waals surface area (Å²) in [6, 6.07) is 0. The number of rotatable bonds is 4. The summed E-state index contributed by atoms with van der Waals surface area (Å²) in [5, 5.41) is 0. The molecule has 0 bridgehead atoms. The maximum absolute atomic E-state index is 11.8. The van der Waals surface area contributed by atoms with Crippen molar-refractivity contribution < 1.29 is 13.2 Å². The molecule has 0 aliphatic heterocycles. The van der Waals surface area contributed by atoms with Crippen LogP contribution in [0.5, 0.6) is 0 Å². The fourth-order valence-corrected chi connectivity index (χ4v) is 4.01. The van der Waals surface area contributed by atoms with E-state index in [1.54, 1.807) is 20.8 Å². The molecule has 16 heavy (non-hydrogen) atoms. The first-order chi connectivity index (χ1) is 7.21. The largest absolute Gasteiger partial charge is 0.298 e. The average molecular weight is 246 g/mol. The summed E-state index contributed by atoms with van der Waals surface area (Å²) in [7, 11) is -3.20. The maximum Gasteiger partial charge on any atom is 0.157 e.